The van der Waals surface area contributed by atoms with Gasteiger partial charge in [-0.15, -0.1) is 0 Å². The van der Waals surface area contributed by atoms with E-state index in [1.165, 1.54) is 35.7 Å². The van der Waals surface area contributed by atoms with Crippen LogP contribution < -0.4 is 0 Å². The molecule has 90 valence electrons. The van der Waals surface area contributed by atoms with E-state index >= 15 is 0 Å². The minimum Gasteiger partial charge on any atom is -0.362 e. The molecule has 3 saturated heterocycles. The van der Waals surface area contributed by atoms with Crippen LogP contribution in [0.25, 0.3) is 0 Å². The maximum atomic E-state index is 11.9. The molecule has 2 N–H and O–H groups in total. The van der Waals surface area contributed by atoms with E-state index in [1.807, 2.05) is 0 Å². The van der Waals surface area contributed by atoms with Crippen molar-refractivity contribution in [3.63, 3.8) is 0 Å². The highest BCUT2D eigenvalue weighted by Crippen LogP contribution is 2.40. The summed E-state index contributed by atoms with van der Waals surface area (Å²) in [7, 11) is 5.19. The predicted molar refractivity (Wildman–Crippen MR) is 60.4 cm³/mol. The maximum absolute atomic E-state index is 11.9. The third kappa shape index (κ3) is 1.30. The Kier molecular flexibility index (Phi) is 2.65. The molecule has 0 aliphatic carbocycles. The first-order chi connectivity index (χ1) is 7.34. The van der Waals surface area contributed by atoms with Crippen molar-refractivity contribution >= 4 is 33.4 Å². The van der Waals surface area contributed by atoms with Gasteiger partial charge in [0.05, 0.1) is 11.5 Å². The molecule has 2 unspecified atom stereocenters. The Morgan fingerprint density at radius 2 is 1.31 bits per heavy atom. The normalized spacial score (nSPS) is 40.0. The predicted octanol–water partition coefficient (Wildman–Crippen LogP) is -1.31. The molecule has 3 rings (SSSR count). The molecule has 2 atom stereocenters. The fraction of sp³-hybridized carbons (Fsp3) is 0.750. The Bertz CT molecular complexity index is 332. The molecule has 16 heavy (non-hydrogen) atoms. The lowest BCUT2D eigenvalue weighted by Gasteiger charge is -2.51. The fourth-order valence-electron chi connectivity index (χ4n) is 1.72. The lowest BCUT2D eigenvalue weighted by molar-refractivity contribution is -0.219. The van der Waals surface area contributed by atoms with E-state index in [0.717, 1.165) is 9.80 Å². The monoisotopic (exact) mass is 264 g/mol. The number of carbonyl (C=O) groups excluding carboxylic acids is 2. The molecule has 0 saturated carbocycles. The molecule has 6 nitrogen and oxygen atoms in total. The van der Waals surface area contributed by atoms with Gasteiger partial charge in [-0.1, -0.05) is 21.6 Å². The Hall–Kier alpha value is -0.440. The van der Waals surface area contributed by atoms with E-state index in [0.29, 0.717) is 0 Å². The molecule has 0 aromatic heterocycles. The van der Waals surface area contributed by atoms with Crippen LogP contribution in [0.3, 0.4) is 0 Å². The summed E-state index contributed by atoms with van der Waals surface area (Å²) >= 11 is 0. The zero-order valence-electron chi connectivity index (χ0n) is 8.84. The van der Waals surface area contributed by atoms with Gasteiger partial charge in [0, 0.05) is 14.1 Å². The number of hydrogen-bond acceptors (Lipinski definition) is 6. The van der Waals surface area contributed by atoms with E-state index in [9.17, 15) is 19.8 Å². The van der Waals surface area contributed by atoms with Crippen molar-refractivity contribution in [2.75, 3.05) is 25.6 Å². The topological polar surface area (TPSA) is 81.1 Å². The number of aliphatic hydroxyl groups is 2. The lowest BCUT2D eigenvalue weighted by Crippen LogP contribution is -2.77. The Balaban J connectivity index is 2.53. The Morgan fingerprint density at radius 3 is 1.62 bits per heavy atom. The number of hydrogen-bond donors (Lipinski definition) is 2. The van der Waals surface area contributed by atoms with E-state index in [1.54, 1.807) is 0 Å². The quantitative estimate of drug-likeness (QED) is 0.529. The smallest absolute Gasteiger partial charge is 0.279 e. The van der Waals surface area contributed by atoms with Crippen LogP contribution in [0.2, 0.25) is 0 Å². The molecule has 3 aliphatic heterocycles. The second-order valence-electron chi connectivity index (χ2n) is 3.89. The average Bonchev–Trinajstić information content (AvgIpc) is 2.27. The lowest BCUT2D eigenvalue weighted by atomic mass is 10.0. The number of carbonyl (C=O) groups is 2. The number of rotatable bonds is 0. The highest BCUT2D eigenvalue weighted by Gasteiger charge is 2.61. The van der Waals surface area contributed by atoms with Gasteiger partial charge in [0.25, 0.3) is 11.8 Å². The van der Waals surface area contributed by atoms with Gasteiger partial charge in [-0.05, 0) is 0 Å². The first-order valence-electron chi connectivity index (χ1n) is 4.60. The van der Waals surface area contributed by atoms with Gasteiger partial charge >= 0.3 is 0 Å². The van der Waals surface area contributed by atoms with Crippen molar-refractivity contribution in [2.45, 2.75) is 11.4 Å². The number of fused-ring (bicyclic) bond motifs is 5. The zero-order valence-corrected chi connectivity index (χ0v) is 10.5. The number of nitrogens with zero attached hydrogens (tertiary/aromatic N) is 2. The summed E-state index contributed by atoms with van der Waals surface area (Å²) in [5, 5.41) is 20.4. The molecule has 0 aromatic rings. The second-order valence-corrected chi connectivity index (χ2v) is 6.35. The molecule has 2 bridgehead atoms. The molecule has 2 amide bonds. The molecule has 3 aliphatic rings. The van der Waals surface area contributed by atoms with Gasteiger partial charge < -0.3 is 20.0 Å². The highest BCUT2D eigenvalue weighted by atomic mass is 33.1. The second kappa shape index (κ2) is 3.52. The van der Waals surface area contributed by atoms with Gasteiger partial charge in [0.1, 0.15) is 0 Å². The summed E-state index contributed by atoms with van der Waals surface area (Å²) in [6.07, 6.45) is 0. The first-order valence-corrected chi connectivity index (χ1v) is 7.08. The SMILES string of the molecule is CN1C(=O)C2(O)CSSCC1(O)C(=O)N2C. The minimum atomic E-state index is -1.85. The van der Waals surface area contributed by atoms with Crippen molar-refractivity contribution < 1.29 is 19.8 Å². The molecule has 0 spiro atoms. The highest BCUT2D eigenvalue weighted by molar-refractivity contribution is 8.76. The summed E-state index contributed by atoms with van der Waals surface area (Å²) in [6.45, 7) is 0. The maximum Gasteiger partial charge on any atom is 0.279 e. The van der Waals surface area contributed by atoms with Gasteiger partial charge in [-0.3, -0.25) is 9.59 Å². The van der Waals surface area contributed by atoms with Crippen molar-refractivity contribution in [3.05, 3.63) is 0 Å². The average molecular weight is 264 g/mol. The van der Waals surface area contributed by atoms with Gasteiger partial charge in [-0.25, -0.2) is 0 Å². The largest absolute Gasteiger partial charge is 0.362 e. The first kappa shape index (κ1) is 12.0. The van der Waals surface area contributed by atoms with Crippen molar-refractivity contribution in [1.29, 1.82) is 0 Å². The fourth-order valence-corrected chi connectivity index (χ4v) is 4.34. The van der Waals surface area contributed by atoms with E-state index in [4.69, 9.17) is 0 Å². The summed E-state index contributed by atoms with van der Waals surface area (Å²) in [6, 6.07) is 0. The van der Waals surface area contributed by atoms with Crippen LogP contribution in [0.4, 0.5) is 0 Å². The van der Waals surface area contributed by atoms with Crippen LogP contribution in [0.1, 0.15) is 0 Å². The standard InChI is InChI=1S/C8H12N2O4S2/c1-9-5(11)8(14)4-16-15-3-7(9,13)6(12)10(8)2/h13-14H,3-4H2,1-2H3. The van der Waals surface area contributed by atoms with Crippen LogP contribution in [0.5, 0.6) is 0 Å². The molecule has 8 heteroatoms. The summed E-state index contributed by atoms with van der Waals surface area (Å²) in [5.74, 6) is -1.10. The van der Waals surface area contributed by atoms with Crippen LogP contribution in [0.15, 0.2) is 0 Å². The van der Waals surface area contributed by atoms with Crippen LogP contribution >= 0.6 is 21.6 Å². The number of piperazine rings is 1. The Labute approximate surface area is 100 Å². The summed E-state index contributed by atoms with van der Waals surface area (Å²) in [4.78, 5) is 25.7. The van der Waals surface area contributed by atoms with Crippen molar-refractivity contribution in [3.8, 4) is 0 Å². The van der Waals surface area contributed by atoms with Crippen LogP contribution in [-0.2, 0) is 9.59 Å². The van der Waals surface area contributed by atoms with Gasteiger partial charge in [0.15, 0.2) is 0 Å². The minimum absolute atomic E-state index is 0.0964. The summed E-state index contributed by atoms with van der Waals surface area (Å²) < 4.78 is 0. The van der Waals surface area contributed by atoms with E-state index in [2.05, 4.69) is 0 Å². The van der Waals surface area contributed by atoms with Crippen molar-refractivity contribution in [2.24, 2.45) is 0 Å². The summed E-state index contributed by atoms with van der Waals surface area (Å²) in [5.41, 5.74) is -3.70. The molecule has 0 radical (unpaired) electrons. The van der Waals surface area contributed by atoms with Gasteiger partial charge in [0.2, 0.25) is 11.4 Å². The Morgan fingerprint density at radius 1 is 1.00 bits per heavy atom. The number of likely N-dealkylation sites (N-methyl/N-ethyl adjacent to an activating group) is 2. The van der Waals surface area contributed by atoms with Crippen molar-refractivity contribution in [1.82, 2.24) is 9.80 Å². The van der Waals surface area contributed by atoms with Crippen LogP contribution in [0, 0.1) is 0 Å². The van der Waals surface area contributed by atoms with Gasteiger partial charge in [-0.2, -0.15) is 0 Å². The molecule has 0 aromatic carbocycles. The third-order valence-electron chi connectivity index (χ3n) is 3.01. The molecular weight excluding hydrogens is 252 g/mol. The van der Waals surface area contributed by atoms with E-state index in [-0.39, 0.29) is 11.5 Å². The molecular formula is C8H12N2O4S2. The number of amides is 2. The van der Waals surface area contributed by atoms with Crippen LogP contribution in [-0.4, -0.2) is 68.9 Å². The van der Waals surface area contributed by atoms with E-state index < -0.39 is 23.3 Å². The third-order valence-corrected chi connectivity index (χ3v) is 5.42. The zero-order chi connectivity index (χ0) is 12.1. The molecule has 3 heterocycles. The molecule has 3 fully saturated rings.